The van der Waals surface area contributed by atoms with Crippen molar-refractivity contribution in [1.82, 2.24) is 15.1 Å². The van der Waals surface area contributed by atoms with Crippen LogP contribution in [0.2, 0.25) is 0 Å². The number of methoxy groups -OCH3 is 1. The molecule has 2 saturated carbocycles. The van der Waals surface area contributed by atoms with Crippen LogP contribution in [0.4, 0.5) is 0 Å². The third kappa shape index (κ3) is 4.19. The Balaban J connectivity index is 1.37. The maximum absolute atomic E-state index is 12.7. The Morgan fingerprint density at radius 1 is 1.17 bits per heavy atom. The molecule has 1 amide bonds. The van der Waals surface area contributed by atoms with Crippen LogP contribution >= 0.6 is 0 Å². The van der Waals surface area contributed by atoms with E-state index in [0.717, 1.165) is 30.1 Å². The van der Waals surface area contributed by atoms with E-state index in [-0.39, 0.29) is 11.9 Å². The lowest BCUT2D eigenvalue weighted by Gasteiger charge is -2.55. The average molecular weight is 396 g/mol. The molecule has 2 aromatic rings. The zero-order valence-electron chi connectivity index (χ0n) is 17.9. The Morgan fingerprint density at radius 2 is 1.90 bits per heavy atom. The van der Waals surface area contributed by atoms with Crippen LogP contribution in [-0.4, -0.2) is 28.8 Å². The van der Waals surface area contributed by atoms with Crippen molar-refractivity contribution < 1.29 is 9.53 Å². The highest BCUT2D eigenvalue weighted by Gasteiger charge is 2.51. The third-order valence-corrected chi connectivity index (χ3v) is 6.89. The quantitative estimate of drug-likeness (QED) is 0.757. The highest BCUT2D eigenvalue weighted by molar-refractivity contribution is 5.76. The summed E-state index contributed by atoms with van der Waals surface area (Å²) >= 11 is 0. The van der Waals surface area contributed by atoms with Gasteiger partial charge in [0, 0.05) is 30.6 Å². The summed E-state index contributed by atoms with van der Waals surface area (Å²) in [6.45, 7) is 4.87. The van der Waals surface area contributed by atoms with E-state index < -0.39 is 0 Å². The molecule has 1 aromatic carbocycles. The first-order valence-corrected chi connectivity index (χ1v) is 11.0. The van der Waals surface area contributed by atoms with E-state index in [1.165, 1.54) is 31.2 Å². The summed E-state index contributed by atoms with van der Waals surface area (Å²) in [5.74, 6) is 2.84. The molecule has 1 N–H and O–H groups in total. The number of rotatable bonds is 7. The number of carbonyl (C=O) groups excluding carboxylic acids is 1. The zero-order chi connectivity index (χ0) is 20.4. The number of hydrogen-bond donors (Lipinski definition) is 1. The summed E-state index contributed by atoms with van der Waals surface area (Å²) in [5, 5.41) is 7.89. The van der Waals surface area contributed by atoms with Crippen molar-refractivity contribution in [3.63, 3.8) is 0 Å². The number of nitrogens with one attached hydrogen (secondary N) is 1. The highest BCUT2D eigenvalue weighted by Crippen LogP contribution is 2.54. The van der Waals surface area contributed by atoms with Crippen LogP contribution in [0, 0.1) is 25.7 Å². The van der Waals surface area contributed by atoms with E-state index in [1.807, 2.05) is 23.7 Å². The number of aryl methyl sites for hydroxylation is 3. The van der Waals surface area contributed by atoms with Crippen LogP contribution in [0.25, 0.3) is 0 Å². The summed E-state index contributed by atoms with van der Waals surface area (Å²) in [5.41, 5.74) is 3.53. The summed E-state index contributed by atoms with van der Waals surface area (Å²) in [6, 6.07) is 10.8. The molecule has 4 atom stereocenters. The van der Waals surface area contributed by atoms with E-state index in [0.29, 0.717) is 24.2 Å². The van der Waals surface area contributed by atoms with Crippen molar-refractivity contribution in [2.75, 3.05) is 7.11 Å². The van der Waals surface area contributed by atoms with Crippen molar-refractivity contribution in [2.45, 2.75) is 70.9 Å². The van der Waals surface area contributed by atoms with Gasteiger partial charge in [-0.25, -0.2) is 0 Å². The summed E-state index contributed by atoms with van der Waals surface area (Å²) in [6.07, 6.45) is 6.51. The molecule has 0 bridgehead atoms. The Kier molecular flexibility index (Phi) is 5.93. The lowest BCUT2D eigenvalue weighted by molar-refractivity contribution is -0.125. The highest BCUT2D eigenvalue weighted by atomic mass is 16.5. The SMILES string of the molecule is COc1ccc([C@H]2[C@H]3CCCC[C@@H]3[C@@H]2NC(=O)CCCn2nc(C)cc2C)cc1. The predicted octanol–water partition coefficient (Wildman–Crippen LogP) is 4.38. The Labute approximate surface area is 173 Å². The number of amides is 1. The molecule has 0 saturated heterocycles. The van der Waals surface area contributed by atoms with Gasteiger partial charge in [0.05, 0.1) is 12.8 Å². The topological polar surface area (TPSA) is 56.1 Å². The first-order chi connectivity index (χ1) is 14.1. The van der Waals surface area contributed by atoms with Gasteiger partial charge in [0.25, 0.3) is 0 Å². The molecule has 0 spiro atoms. The molecule has 156 valence electrons. The third-order valence-electron chi connectivity index (χ3n) is 6.89. The molecular formula is C24H33N3O2. The molecule has 1 aromatic heterocycles. The van der Waals surface area contributed by atoms with Crippen LogP contribution in [0.5, 0.6) is 5.75 Å². The second-order valence-electron chi connectivity index (χ2n) is 8.76. The molecule has 2 fully saturated rings. The van der Waals surface area contributed by atoms with Crippen LogP contribution in [0.3, 0.4) is 0 Å². The van der Waals surface area contributed by atoms with Gasteiger partial charge in [-0.1, -0.05) is 25.0 Å². The van der Waals surface area contributed by atoms with Gasteiger partial charge >= 0.3 is 0 Å². The number of benzene rings is 1. The number of carbonyl (C=O) groups is 1. The van der Waals surface area contributed by atoms with E-state index in [1.54, 1.807) is 7.11 Å². The van der Waals surface area contributed by atoms with E-state index in [4.69, 9.17) is 4.74 Å². The van der Waals surface area contributed by atoms with Gasteiger partial charge in [-0.15, -0.1) is 0 Å². The monoisotopic (exact) mass is 395 g/mol. The Hall–Kier alpha value is -2.30. The van der Waals surface area contributed by atoms with Crippen molar-refractivity contribution in [3.8, 4) is 5.75 Å². The number of aromatic nitrogens is 2. The van der Waals surface area contributed by atoms with Gasteiger partial charge in [-0.2, -0.15) is 5.10 Å². The minimum Gasteiger partial charge on any atom is -0.497 e. The van der Waals surface area contributed by atoms with E-state index in [9.17, 15) is 4.79 Å². The van der Waals surface area contributed by atoms with Gasteiger partial charge < -0.3 is 10.1 Å². The fraction of sp³-hybridized carbons (Fsp3) is 0.583. The number of ether oxygens (including phenoxy) is 1. The maximum Gasteiger partial charge on any atom is 0.220 e. The van der Waals surface area contributed by atoms with Crippen LogP contribution < -0.4 is 10.1 Å². The van der Waals surface area contributed by atoms with Crippen LogP contribution in [-0.2, 0) is 11.3 Å². The number of fused-ring (bicyclic) bond motifs is 1. The standard InChI is InChI=1S/C24H33N3O2/c1-16-15-17(2)27(26-16)14-6-9-22(28)25-24-21-8-5-4-7-20(21)23(24)18-10-12-19(29-3)13-11-18/h10-13,15,20-21,23-24H,4-9,14H2,1-3H3,(H,25,28)/t20-,21-,23-,24-/m0/s1. The normalized spacial score (nSPS) is 25.8. The summed E-state index contributed by atoms with van der Waals surface area (Å²) in [4.78, 5) is 12.7. The van der Waals surface area contributed by atoms with Crippen molar-refractivity contribution in [2.24, 2.45) is 11.8 Å². The van der Waals surface area contributed by atoms with Gasteiger partial charge in [0.15, 0.2) is 0 Å². The van der Waals surface area contributed by atoms with Gasteiger partial charge in [-0.05, 0) is 68.7 Å². The van der Waals surface area contributed by atoms with Crippen LogP contribution in [0.15, 0.2) is 30.3 Å². The minimum atomic E-state index is 0.180. The molecule has 0 aliphatic heterocycles. The predicted molar refractivity (Wildman–Crippen MR) is 114 cm³/mol. The fourth-order valence-corrected chi connectivity index (χ4v) is 5.49. The lowest BCUT2D eigenvalue weighted by Crippen LogP contribution is -2.59. The smallest absolute Gasteiger partial charge is 0.220 e. The second kappa shape index (κ2) is 8.60. The zero-order valence-corrected chi connectivity index (χ0v) is 17.9. The van der Waals surface area contributed by atoms with Gasteiger partial charge in [0.2, 0.25) is 5.91 Å². The molecule has 29 heavy (non-hydrogen) atoms. The summed E-state index contributed by atoms with van der Waals surface area (Å²) in [7, 11) is 1.70. The first-order valence-electron chi connectivity index (χ1n) is 11.0. The number of hydrogen-bond acceptors (Lipinski definition) is 3. The molecule has 5 heteroatoms. The molecule has 5 nitrogen and oxygen atoms in total. The Bertz CT molecular complexity index is 842. The molecule has 0 radical (unpaired) electrons. The first kappa shape index (κ1) is 20.0. The van der Waals surface area contributed by atoms with Gasteiger partial charge in [-0.3, -0.25) is 9.48 Å². The van der Waals surface area contributed by atoms with Gasteiger partial charge in [0.1, 0.15) is 5.75 Å². The van der Waals surface area contributed by atoms with Crippen LogP contribution in [0.1, 0.15) is 61.4 Å². The molecule has 0 unspecified atom stereocenters. The van der Waals surface area contributed by atoms with Crippen molar-refractivity contribution >= 4 is 5.91 Å². The molecule has 1 heterocycles. The largest absolute Gasteiger partial charge is 0.497 e. The Morgan fingerprint density at radius 3 is 2.55 bits per heavy atom. The fourth-order valence-electron chi connectivity index (χ4n) is 5.49. The van der Waals surface area contributed by atoms with Crippen molar-refractivity contribution in [3.05, 3.63) is 47.3 Å². The molecular weight excluding hydrogens is 362 g/mol. The molecule has 4 rings (SSSR count). The maximum atomic E-state index is 12.7. The average Bonchev–Trinajstić information content (AvgIpc) is 3.04. The molecule has 2 aliphatic carbocycles. The van der Waals surface area contributed by atoms with Crippen molar-refractivity contribution in [1.29, 1.82) is 0 Å². The number of nitrogens with zero attached hydrogens (tertiary/aromatic N) is 2. The molecule has 2 aliphatic rings. The lowest BCUT2D eigenvalue weighted by atomic mass is 9.53. The summed E-state index contributed by atoms with van der Waals surface area (Å²) < 4.78 is 7.32. The van der Waals surface area contributed by atoms with E-state index in [2.05, 4.69) is 35.5 Å². The second-order valence-corrected chi connectivity index (χ2v) is 8.76. The minimum absolute atomic E-state index is 0.180. The van der Waals surface area contributed by atoms with E-state index >= 15 is 0 Å².